The smallest absolute Gasteiger partial charge is 0.153 e. The molecule has 1 saturated carbocycles. The van der Waals surface area contributed by atoms with Crippen LogP contribution in [0.5, 0.6) is 0 Å². The van der Waals surface area contributed by atoms with Crippen molar-refractivity contribution in [2.24, 2.45) is 0 Å². The molecule has 0 bridgehead atoms. The molecule has 3 rings (SSSR count). The second-order valence-electron chi connectivity index (χ2n) is 5.45. The summed E-state index contributed by atoms with van der Waals surface area (Å²) in [5, 5.41) is 5.25. The summed E-state index contributed by atoms with van der Waals surface area (Å²) in [6.45, 7) is 0. The summed E-state index contributed by atoms with van der Waals surface area (Å²) in [7, 11) is 0. The molecule has 1 aliphatic rings. The van der Waals surface area contributed by atoms with E-state index in [1.807, 2.05) is 29.1 Å². The molecule has 1 aliphatic carbocycles. The predicted octanol–water partition coefficient (Wildman–Crippen LogP) is 5.28. The number of carbonyl (C=O) groups is 1. The molecule has 0 N–H and O–H groups in total. The number of nitrogens with zero attached hydrogens (tertiary/aromatic N) is 2. The van der Waals surface area contributed by atoms with Crippen molar-refractivity contribution in [3.63, 3.8) is 0 Å². The Balaban J connectivity index is 2.01. The van der Waals surface area contributed by atoms with Crippen LogP contribution in [0.2, 0.25) is 5.02 Å². The topological polar surface area (TPSA) is 34.9 Å². The molecule has 1 aromatic heterocycles. The van der Waals surface area contributed by atoms with E-state index in [0.29, 0.717) is 22.3 Å². The van der Waals surface area contributed by atoms with Crippen molar-refractivity contribution in [1.29, 1.82) is 0 Å². The van der Waals surface area contributed by atoms with Gasteiger partial charge in [0.1, 0.15) is 5.69 Å². The van der Waals surface area contributed by atoms with Gasteiger partial charge in [-0.2, -0.15) is 5.10 Å². The minimum absolute atomic E-state index is 0.403. The molecule has 5 heteroatoms. The van der Waals surface area contributed by atoms with Crippen LogP contribution in [0.1, 0.15) is 48.5 Å². The summed E-state index contributed by atoms with van der Waals surface area (Å²) >= 11 is 9.69. The minimum Gasteiger partial charge on any atom is -0.298 e. The van der Waals surface area contributed by atoms with Gasteiger partial charge in [0.05, 0.1) is 16.6 Å². The van der Waals surface area contributed by atoms with Crippen molar-refractivity contribution in [3.05, 3.63) is 39.5 Å². The zero-order valence-corrected chi connectivity index (χ0v) is 13.9. The van der Waals surface area contributed by atoms with Crippen molar-refractivity contribution in [2.45, 2.75) is 38.1 Å². The molecule has 1 aromatic carbocycles. The molecule has 1 heterocycles. The van der Waals surface area contributed by atoms with Gasteiger partial charge in [-0.1, -0.05) is 52.9 Å². The van der Waals surface area contributed by atoms with Crippen molar-refractivity contribution in [1.82, 2.24) is 9.78 Å². The van der Waals surface area contributed by atoms with Crippen LogP contribution in [0.15, 0.2) is 28.9 Å². The van der Waals surface area contributed by atoms with Crippen LogP contribution < -0.4 is 0 Å². The van der Waals surface area contributed by atoms with Gasteiger partial charge in [0, 0.05) is 16.2 Å². The van der Waals surface area contributed by atoms with Gasteiger partial charge in [-0.05, 0) is 25.0 Å². The maximum Gasteiger partial charge on any atom is 0.153 e. The van der Waals surface area contributed by atoms with E-state index < -0.39 is 0 Å². The third-order valence-electron chi connectivity index (χ3n) is 4.02. The summed E-state index contributed by atoms with van der Waals surface area (Å²) in [6, 6.07) is 6.04. The van der Waals surface area contributed by atoms with Crippen molar-refractivity contribution >= 4 is 33.8 Å². The lowest BCUT2D eigenvalue weighted by Crippen LogP contribution is -2.13. The molecule has 0 amide bonds. The second-order valence-corrected chi connectivity index (χ2v) is 6.77. The maximum absolute atomic E-state index is 11.4. The number of aldehydes is 1. The highest BCUT2D eigenvalue weighted by atomic mass is 79.9. The fourth-order valence-electron chi connectivity index (χ4n) is 2.92. The number of carbonyl (C=O) groups excluding carboxylic acids is 1. The predicted molar refractivity (Wildman–Crippen MR) is 87.9 cm³/mol. The highest BCUT2D eigenvalue weighted by molar-refractivity contribution is 9.10. The summed E-state index contributed by atoms with van der Waals surface area (Å²) in [4.78, 5) is 11.4. The van der Waals surface area contributed by atoms with E-state index in [1.165, 1.54) is 19.3 Å². The van der Waals surface area contributed by atoms with Gasteiger partial charge in [0.15, 0.2) is 6.29 Å². The molecule has 0 radical (unpaired) electrons. The Morgan fingerprint density at radius 3 is 2.71 bits per heavy atom. The van der Waals surface area contributed by atoms with E-state index in [1.54, 1.807) is 0 Å². The normalized spacial score (nSPS) is 16.1. The average Bonchev–Trinajstić information content (AvgIpc) is 2.92. The number of hydrogen-bond acceptors (Lipinski definition) is 2. The number of hydrogen-bond donors (Lipinski definition) is 0. The molecule has 3 nitrogen and oxygen atoms in total. The molecule has 0 saturated heterocycles. The highest BCUT2D eigenvalue weighted by Gasteiger charge is 2.20. The van der Waals surface area contributed by atoms with Crippen LogP contribution in [0.3, 0.4) is 0 Å². The quantitative estimate of drug-likeness (QED) is 0.691. The molecular formula is C16H16BrClN2O. The van der Waals surface area contributed by atoms with Crippen molar-refractivity contribution in [3.8, 4) is 11.3 Å². The minimum atomic E-state index is 0.403. The van der Waals surface area contributed by atoms with E-state index >= 15 is 0 Å². The van der Waals surface area contributed by atoms with Gasteiger partial charge in [0.2, 0.25) is 0 Å². The fraction of sp³-hybridized carbons (Fsp3) is 0.375. The first-order valence-corrected chi connectivity index (χ1v) is 8.36. The van der Waals surface area contributed by atoms with E-state index in [-0.39, 0.29) is 0 Å². The molecule has 1 fully saturated rings. The van der Waals surface area contributed by atoms with Gasteiger partial charge in [-0.25, -0.2) is 0 Å². The fourth-order valence-corrected chi connectivity index (χ4v) is 3.68. The van der Waals surface area contributed by atoms with Crippen LogP contribution in [0.4, 0.5) is 0 Å². The van der Waals surface area contributed by atoms with Crippen molar-refractivity contribution < 1.29 is 4.79 Å². The van der Waals surface area contributed by atoms with Crippen molar-refractivity contribution in [2.75, 3.05) is 0 Å². The maximum atomic E-state index is 11.4. The molecule has 0 atom stereocenters. The van der Waals surface area contributed by atoms with Crippen LogP contribution in [-0.2, 0) is 0 Å². The van der Waals surface area contributed by atoms with Gasteiger partial charge >= 0.3 is 0 Å². The Kier molecular flexibility index (Phi) is 4.45. The van der Waals surface area contributed by atoms with E-state index in [9.17, 15) is 4.79 Å². The van der Waals surface area contributed by atoms with Crippen LogP contribution in [0, 0.1) is 0 Å². The van der Waals surface area contributed by atoms with E-state index in [4.69, 9.17) is 11.6 Å². The number of halogens is 2. The van der Waals surface area contributed by atoms with Crippen LogP contribution in [0.25, 0.3) is 11.3 Å². The Hall–Kier alpha value is -1.13. The molecule has 21 heavy (non-hydrogen) atoms. The molecule has 2 aromatic rings. The van der Waals surface area contributed by atoms with Gasteiger partial charge in [-0.15, -0.1) is 0 Å². The number of rotatable bonds is 3. The number of benzene rings is 1. The standard InChI is InChI=1S/C16H16BrClN2O/c17-12-6-7-14(15(18)8-12)16-11(10-21)9-20(19-16)13-4-2-1-3-5-13/h6-10,13H,1-5H2. The van der Waals surface area contributed by atoms with Crippen LogP contribution >= 0.6 is 27.5 Å². The van der Waals surface area contributed by atoms with Gasteiger partial charge < -0.3 is 0 Å². The SMILES string of the molecule is O=Cc1cn(C2CCCCC2)nc1-c1ccc(Br)cc1Cl. The first-order valence-electron chi connectivity index (χ1n) is 7.19. The zero-order chi connectivity index (χ0) is 14.8. The first kappa shape index (κ1) is 14.8. The largest absolute Gasteiger partial charge is 0.298 e. The van der Waals surface area contributed by atoms with E-state index in [0.717, 1.165) is 29.2 Å². The third-order valence-corrected chi connectivity index (χ3v) is 4.83. The average molecular weight is 368 g/mol. The number of aromatic nitrogens is 2. The summed E-state index contributed by atoms with van der Waals surface area (Å²) in [5.74, 6) is 0. The Morgan fingerprint density at radius 1 is 1.29 bits per heavy atom. The zero-order valence-electron chi connectivity index (χ0n) is 11.6. The van der Waals surface area contributed by atoms with Gasteiger partial charge in [0.25, 0.3) is 0 Å². The molecule has 0 spiro atoms. The lowest BCUT2D eigenvalue weighted by atomic mass is 9.96. The summed E-state index contributed by atoms with van der Waals surface area (Å²) in [5.41, 5.74) is 2.08. The molecule has 0 unspecified atom stereocenters. The highest BCUT2D eigenvalue weighted by Crippen LogP contribution is 2.33. The lowest BCUT2D eigenvalue weighted by molar-refractivity contribution is 0.112. The lowest BCUT2D eigenvalue weighted by Gasteiger charge is -2.21. The monoisotopic (exact) mass is 366 g/mol. The Labute approximate surface area is 137 Å². The molecular weight excluding hydrogens is 352 g/mol. The second kappa shape index (κ2) is 6.32. The summed E-state index contributed by atoms with van der Waals surface area (Å²) in [6.07, 6.45) is 8.74. The Bertz CT molecular complexity index is 662. The molecule has 110 valence electrons. The van der Waals surface area contributed by atoms with Crippen LogP contribution in [-0.4, -0.2) is 16.1 Å². The van der Waals surface area contributed by atoms with Gasteiger partial charge in [-0.3, -0.25) is 9.48 Å². The Morgan fingerprint density at radius 2 is 2.05 bits per heavy atom. The first-order chi connectivity index (χ1) is 10.2. The third kappa shape index (κ3) is 3.06. The van der Waals surface area contributed by atoms with E-state index in [2.05, 4.69) is 21.0 Å². The molecule has 0 aliphatic heterocycles. The summed E-state index contributed by atoms with van der Waals surface area (Å²) < 4.78 is 2.87.